The Bertz CT molecular complexity index is 766. The molecule has 1 aromatic carbocycles. The van der Waals surface area contributed by atoms with Crippen LogP contribution >= 0.6 is 11.3 Å². The number of benzene rings is 1. The van der Waals surface area contributed by atoms with Crippen molar-refractivity contribution in [2.75, 3.05) is 0 Å². The molecular formula is C18H20F3NO5S. The van der Waals surface area contributed by atoms with Gasteiger partial charge in [-0.1, -0.05) is 26.0 Å². The van der Waals surface area contributed by atoms with Gasteiger partial charge in [-0.25, -0.2) is 9.59 Å². The lowest BCUT2D eigenvalue weighted by atomic mass is 9.98. The Morgan fingerprint density at radius 3 is 2.14 bits per heavy atom. The van der Waals surface area contributed by atoms with Crippen LogP contribution in [0.2, 0.25) is 0 Å². The zero-order valence-corrected chi connectivity index (χ0v) is 15.8. The van der Waals surface area contributed by atoms with Gasteiger partial charge in [0.25, 0.3) is 0 Å². The second kappa shape index (κ2) is 10.1. The van der Waals surface area contributed by atoms with Crippen LogP contribution in [0.4, 0.5) is 13.2 Å². The first-order valence-electron chi connectivity index (χ1n) is 8.02. The number of hydrogen-bond acceptors (Lipinski definition) is 5. The van der Waals surface area contributed by atoms with E-state index in [0.29, 0.717) is 0 Å². The van der Waals surface area contributed by atoms with Crippen LogP contribution in [0.25, 0.3) is 0 Å². The largest absolute Gasteiger partial charge is 0.483 e. The summed E-state index contributed by atoms with van der Waals surface area (Å²) < 4.78 is 44.2. The summed E-state index contributed by atoms with van der Waals surface area (Å²) in [6.45, 7) is 3.92. The molecule has 2 aromatic rings. The van der Waals surface area contributed by atoms with Gasteiger partial charge in [-0.15, -0.1) is 11.3 Å². The highest BCUT2D eigenvalue weighted by atomic mass is 32.1. The van der Waals surface area contributed by atoms with Crippen molar-refractivity contribution < 1.29 is 37.7 Å². The Morgan fingerprint density at radius 1 is 1.11 bits per heavy atom. The molecule has 0 radical (unpaired) electrons. The van der Waals surface area contributed by atoms with Gasteiger partial charge in [0.2, 0.25) is 0 Å². The van der Waals surface area contributed by atoms with E-state index in [9.17, 15) is 13.2 Å². The fraction of sp³-hybridized carbons (Fsp3) is 0.333. The zero-order valence-electron chi connectivity index (χ0n) is 15.0. The summed E-state index contributed by atoms with van der Waals surface area (Å²) >= 11 is 1.48. The van der Waals surface area contributed by atoms with Crippen LogP contribution in [-0.2, 0) is 15.8 Å². The first kappa shape index (κ1) is 23.4. The third kappa shape index (κ3) is 7.20. The number of carboxylic acid groups (broad SMARTS) is 2. The number of nitrogens with two attached hydrogens (primary N) is 1. The summed E-state index contributed by atoms with van der Waals surface area (Å²) in [6, 6.07) is 8.32. The van der Waals surface area contributed by atoms with Crippen molar-refractivity contribution >= 4 is 23.3 Å². The fourth-order valence-electron chi connectivity index (χ4n) is 2.02. The second-order valence-corrected chi connectivity index (χ2v) is 6.99. The highest BCUT2D eigenvalue weighted by Crippen LogP contribution is 2.34. The molecule has 2 unspecified atom stereocenters. The second-order valence-electron chi connectivity index (χ2n) is 6.01. The number of alkyl halides is 3. The van der Waals surface area contributed by atoms with Crippen LogP contribution in [0.3, 0.4) is 0 Å². The number of ether oxygens (including phenoxy) is 1. The molecule has 0 fully saturated rings. The van der Waals surface area contributed by atoms with Gasteiger partial charge in [0, 0.05) is 10.9 Å². The third-order valence-electron chi connectivity index (χ3n) is 3.55. The molecule has 1 heterocycles. The van der Waals surface area contributed by atoms with Crippen molar-refractivity contribution in [1.29, 1.82) is 0 Å². The van der Waals surface area contributed by atoms with E-state index >= 15 is 0 Å². The van der Waals surface area contributed by atoms with Crippen LogP contribution in [-0.4, -0.2) is 28.2 Å². The number of carboxylic acids is 2. The number of hydrogen-bond donors (Lipinski definition) is 3. The number of thiophene rings is 1. The summed E-state index contributed by atoms with van der Waals surface area (Å²) in [5.41, 5.74) is 5.45. The van der Waals surface area contributed by atoms with E-state index < -0.39 is 29.8 Å². The molecule has 0 saturated heterocycles. The lowest BCUT2D eigenvalue weighted by Gasteiger charge is -2.27. The quantitative estimate of drug-likeness (QED) is 0.632. The molecule has 10 heteroatoms. The van der Waals surface area contributed by atoms with Crippen molar-refractivity contribution in [2.24, 2.45) is 11.7 Å². The number of carbonyl (C=O) groups is 2. The van der Waals surface area contributed by atoms with E-state index in [0.717, 1.165) is 17.0 Å². The standard InChI is InChI=1S/C16H18F3NOS.C2H2O4/c1-10(2)14(20)15(13-7-4-8-22-13)21-12-6-3-5-11(9-12)16(17,18)19;3-1(4)2(5)6/h3-10,14-15H,20H2,1-2H3;(H,3,4)(H,5,6). The molecule has 0 saturated carbocycles. The minimum Gasteiger partial charge on any atom is -0.483 e. The molecule has 28 heavy (non-hydrogen) atoms. The topological polar surface area (TPSA) is 110 Å². The summed E-state index contributed by atoms with van der Waals surface area (Å²) in [6.07, 6.45) is -4.86. The predicted octanol–water partition coefficient (Wildman–Crippen LogP) is 4.03. The van der Waals surface area contributed by atoms with E-state index in [-0.39, 0.29) is 17.7 Å². The van der Waals surface area contributed by atoms with Crippen molar-refractivity contribution in [3.8, 4) is 5.75 Å². The molecule has 4 N–H and O–H groups in total. The van der Waals surface area contributed by atoms with Gasteiger partial charge in [0.05, 0.1) is 5.56 Å². The molecule has 154 valence electrons. The number of halogens is 3. The average Bonchev–Trinajstić information content (AvgIpc) is 3.13. The van der Waals surface area contributed by atoms with Crippen molar-refractivity contribution in [3.63, 3.8) is 0 Å². The van der Waals surface area contributed by atoms with E-state index in [4.69, 9.17) is 30.3 Å². The van der Waals surface area contributed by atoms with Gasteiger partial charge in [-0.05, 0) is 35.6 Å². The fourth-order valence-corrected chi connectivity index (χ4v) is 2.83. The molecule has 0 amide bonds. The number of aliphatic carboxylic acids is 2. The summed E-state index contributed by atoms with van der Waals surface area (Å²) in [5, 5.41) is 16.7. The lowest BCUT2D eigenvalue weighted by Crippen LogP contribution is -2.36. The summed E-state index contributed by atoms with van der Waals surface area (Å²) in [5.74, 6) is -3.34. The maximum Gasteiger partial charge on any atom is 0.416 e. The first-order chi connectivity index (χ1) is 12.9. The maximum absolute atomic E-state index is 12.8. The SMILES string of the molecule is CC(C)C(N)C(Oc1cccc(C(F)(F)F)c1)c1cccs1.O=C(O)C(=O)O. The van der Waals surface area contributed by atoms with Crippen LogP contribution < -0.4 is 10.5 Å². The smallest absolute Gasteiger partial charge is 0.416 e. The minimum absolute atomic E-state index is 0.137. The van der Waals surface area contributed by atoms with Crippen LogP contribution in [0.15, 0.2) is 41.8 Å². The Kier molecular flexibility index (Phi) is 8.45. The van der Waals surface area contributed by atoms with E-state index in [1.165, 1.54) is 23.5 Å². The Morgan fingerprint density at radius 2 is 1.71 bits per heavy atom. The Labute approximate surface area is 163 Å². The van der Waals surface area contributed by atoms with Crippen LogP contribution in [0, 0.1) is 5.92 Å². The minimum atomic E-state index is -4.39. The molecule has 2 atom stereocenters. The molecule has 0 aliphatic heterocycles. The molecule has 2 rings (SSSR count). The summed E-state index contributed by atoms with van der Waals surface area (Å²) in [7, 11) is 0. The Hall–Kier alpha value is -2.59. The molecule has 6 nitrogen and oxygen atoms in total. The van der Waals surface area contributed by atoms with E-state index in [1.54, 1.807) is 0 Å². The summed E-state index contributed by atoms with van der Waals surface area (Å²) in [4.78, 5) is 19.1. The van der Waals surface area contributed by atoms with Crippen molar-refractivity contribution in [3.05, 3.63) is 52.2 Å². The number of rotatable bonds is 5. The van der Waals surface area contributed by atoms with E-state index in [1.807, 2.05) is 31.4 Å². The van der Waals surface area contributed by atoms with Gasteiger partial charge in [-0.3, -0.25) is 0 Å². The highest BCUT2D eigenvalue weighted by Gasteiger charge is 2.31. The predicted molar refractivity (Wildman–Crippen MR) is 97.2 cm³/mol. The van der Waals surface area contributed by atoms with Crippen molar-refractivity contribution in [1.82, 2.24) is 0 Å². The molecule has 0 aliphatic rings. The van der Waals surface area contributed by atoms with Crippen molar-refractivity contribution in [2.45, 2.75) is 32.2 Å². The molecule has 0 spiro atoms. The van der Waals surface area contributed by atoms with Gasteiger partial charge < -0.3 is 20.7 Å². The lowest BCUT2D eigenvalue weighted by molar-refractivity contribution is -0.159. The molecule has 0 aliphatic carbocycles. The van der Waals surface area contributed by atoms with Crippen LogP contribution in [0.5, 0.6) is 5.75 Å². The van der Waals surface area contributed by atoms with Gasteiger partial charge in [-0.2, -0.15) is 13.2 Å². The highest BCUT2D eigenvalue weighted by molar-refractivity contribution is 7.10. The average molecular weight is 419 g/mol. The zero-order chi connectivity index (χ0) is 21.5. The van der Waals surface area contributed by atoms with Gasteiger partial charge in [0.15, 0.2) is 0 Å². The first-order valence-corrected chi connectivity index (χ1v) is 8.90. The Balaban J connectivity index is 0.000000568. The third-order valence-corrected chi connectivity index (χ3v) is 4.48. The molecular weight excluding hydrogens is 399 g/mol. The van der Waals surface area contributed by atoms with Gasteiger partial charge in [0.1, 0.15) is 11.9 Å². The molecule has 0 bridgehead atoms. The van der Waals surface area contributed by atoms with Crippen LogP contribution in [0.1, 0.15) is 30.4 Å². The maximum atomic E-state index is 12.8. The monoisotopic (exact) mass is 419 g/mol. The van der Waals surface area contributed by atoms with Gasteiger partial charge >= 0.3 is 18.1 Å². The van der Waals surface area contributed by atoms with E-state index in [2.05, 4.69) is 0 Å². The molecule has 1 aromatic heterocycles. The normalized spacial score (nSPS) is 13.2.